The van der Waals surface area contributed by atoms with Gasteiger partial charge in [-0.15, -0.1) is 0 Å². The molecule has 1 aliphatic rings. The van der Waals surface area contributed by atoms with E-state index in [9.17, 15) is 8.78 Å². The van der Waals surface area contributed by atoms with Crippen LogP contribution in [0.4, 0.5) is 20.5 Å². The van der Waals surface area contributed by atoms with Crippen molar-refractivity contribution in [2.24, 2.45) is 0 Å². The van der Waals surface area contributed by atoms with Gasteiger partial charge in [-0.2, -0.15) is 9.97 Å². The minimum Gasteiger partial charge on any atom is -0.350 e. The Morgan fingerprint density at radius 3 is 2.62 bits per heavy atom. The first-order chi connectivity index (χ1) is 13.6. The normalized spacial score (nSPS) is 16.6. The Morgan fingerprint density at radius 1 is 1.21 bits per heavy atom. The Labute approximate surface area is 172 Å². The monoisotopic (exact) mass is 420 g/mol. The van der Waals surface area contributed by atoms with Crippen LogP contribution in [-0.4, -0.2) is 44.1 Å². The summed E-state index contributed by atoms with van der Waals surface area (Å²) < 4.78 is 29.6. The Kier molecular flexibility index (Phi) is 4.85. The van der Waals surface area contributed by atoms with Crippen LogP contribution in [0.5, 0.6) is 0 Å². The summed E-state index contributed by atoms with van der Waals surface area (Å²) in [7, 11) is 0. The molecule has 1 saturated heterocycles. The van der Waals surface area contributed by atoms with E-state index < -0.39 is 5.92 Å². The highest BCUT2D eigenvalue weighted by molar-refractivity contribution is 6.31. The number of imidazole rings is 1. The molecule has 2 aromatic heterocycles. The first-order valence-electron chi connectivity index (χ1n) is 9.49. The van der Waals surface area contributed by atoms with Gasteiger partial charge in [0, 0.05) is 23.5 Å². The highest BCUT2D eigenvalue weighted by atomic mass is 35.5. The van der Waals surface area contributed by atoms with Crippen molar-refractivity contribution in [1.82, 2.24) is 19.5 Å². The fourth-order valence-corrected chi connectivity index (χ4v) is 3.58. The molecule has 0 amide bonds. The number of benzene rings is 1. The Morgan fingerprint density at radius 2 is 1.97 bits per heavy atom. The summed E-state index contributed by atoms with van der Waals surface area (Å²) in [6, 6.07) is 7.55. The van der Waals surface area contributed by atoms with Gasteiger partial charge in [0.25, 0.3) is 5.92 Å². The summed E-state index contributed by atoms with van der Waals surface area (Å²) in [5, 5.41) is 3.90. The molecule has 1 aliphatic heterocycles. The number of anilines is 2. The standard InChI is InChI=1S/C20H23ClF2N6/c1-19(2,3)27-18-25-16(28-9-8-20(22,23)11-28)15-17(26-18)29(12-24-15)10-13-6-4-5-7-14(13)21/h4-7,12H,8-11H2,1-3H3,(H,25,26,27). The van der Waals surface area contributed by atoms with Crippen LogP contribution in [0.15, 0.2) is 30.6 Å². The summed E-state index contributed by atoms with van der Waals surface area (Å²) in [5.74, 6) is -1.91. The van der Waals surface area contributed by atoms with Crippen molar-refractivity contribution < 1.29 is 8.78 Å². The molecular weight excluding hydrogens is 398 g/mol. The predicted molar refractivity (Wildman–Crippen MR) is 111 cm³/mol. The van der Waals surface area contributed by atoms with Crippen LogP contribution in [0.2, 0.25) is 5.02 Å². The van der Waals surface area contributed by atoms with E-state index >= 15 is 0 Å². The fraction of sp³-hybridized carbons (Fsp3) is 0.450. The maximum Gasteiger partial charge on any atom is 0.266 e. The van der Waals surface area contributed by atoms with Gasteiger partial charge in [0.1, 0.15) is 0 Å². The number of rotatable bonds is 4. The van der Waals surface area contributed by atoms with Crippen molar-refractivity contribution in [2.75, 3.05) is 23.3 Å². The highest BCUT2D eigenvalue weighted by Gasteiger charge is 2.40. The smallest absolute Gasteiger partial charge is 0.266 e. The molecule has 0 bridgehead atoms. The number of nitrogens with one attached hydrogen (secondary N) is 1. The van der Waals surface area contributed by atoms with E-state index in [2.05, 4.69) is 20.3 Å². The van der Waals surface area contributed by atoms with Crippen molar-refractivity contribution in [3.05, 3.63) is 41.2 Å². The van der Waals surface area contributed by atoms with Gasteiger partial charge in [0.15, 0.2) is 17.0 Å². The third kappa shape index (κ3) is 4.27. The van der Waals surface area contributed by atoms with Gasteiger partial charge >= 0.3 is 0 Å². The number of aromatic nitrogens is 4. The van der Waals surface area contributed by atoms with Crippen LogP contribution in [0.1, 0.15) is 32.8 Å². The Hall–Kier alpha value is -2.48. The van der Waals surface area contributed by atoms with Crippen molar-refractivity contribution in [2.45, 2.75) is 45.2 Å². The lowest BCUT2D eigenvalue weighted by Gasteiger charge is -2.23. The molecule has 0 saturated carbocycles. The quantitative estimate of drug-likeness (QED) is 0.669. The topological polar surface area (TPSA) is 58.9 Å². The molecule has 1 N–H and O–H groups in total. The number of fused-ring (bicyclic) bond motifs is 1. The van der Waals surface area contributed by atoms with Gasteiger partial charge in [-0.25, -0.2) is 13.8 Å². The van der Waals surface area contributed by atoms with Crippen LogP contribution in [0, 0.1) is 0 Å². The van der Waals surface area contributed by atoms with E-state index in [4.69, 9.17) is 11.6 Å². The van der Waals surface area contributed by atoms with Gasteiger partial charge in [-0.05, 0) is 32.4 Å². The SMILES string of the molecule is CC(C)(C)Nc1nc(N2CCC(F)(F)C2)c2ncn(Cc3ccccc3Cl)c2n1. The first kappa shape index (κ1) is 19.8. The van der Waals surface area contributed by atoms with Gasteiger partial charge < -0.3 is 14.8 Å². The van der Waals surface area contributed by atoms with E-state index in [1.165, 1.54) is 0 Å². The molecule has 0 aliphatic carbocycles. The average molecular weight is 421 g/mol. The Balaban J connectivity index is 1.80. The van der Waals surface area contributed by atoms with Crippen LogP contribution in [0.3, 0.4) is 0 Å². The zero-order valence-electron chi connectivity index (χ0n) is 16.6. The number of halogens is 3. The molecule has 1 aromatic carbocycles. The zero-order valence-corrected chi connectivity index (χ0v) is 17.3. The molecule has 4 rings (SSSR count). The molecule has 0 spiro atoms. The van der Waals surface area contributed by atoms with Gasteiger partial charge in [0.2, 0.25) is 5.95 Å². The van der Waals surface area contributed by atoms with Crippen molar-refractivity contribution in [3.63, 3.8) is 0 Å². The van der Waals surface area contributed by atoms with Crippen molar-refractivity contribution in [1.29, 1.82) is 0 Å². The molecule has 9 heteroatoms. The molecule has 6 nitrogen and oxygen atoms in total. The lowest BCUT2D eigenvalue weighted by atomic mass is 10.1. The second-order valence-corrected chi connectivity index (χ2v) is 8.82. The number of alkyl halides is 2. The van der Waals surface area contributed by atoms with E-state index in [0.717, 1.165) is 5.56 Å². The molecule has 29 heavy (non-hydrogen) atoms. The van der Waals surface area contributed by atoms with E-state index in [0.29, 0.717) is 34.5 Å². The largest absolute Gasteiger partial charge is 0.350 e. The second-order valence-electron chi connectivity index (χ2n) is 8.41. The third-order valence-corrected chi connectivity index (χ3v) is 5.07. The zero-order chi connectivity index (χ0) is 20.8. The summed E-state index contributed by atoms with van der Waals surface area (Å²) in [6.07, 6.45) is 1.46. The molecule has 0 radical (unpaired) electrons. The second kappa shape index (κ2) is 7.09. The first-order valence-corrected chi connectivity index (χ1v) is 9.86. The van der Waals surface area contributed by atoms with Crippen LogP contribution in [0.25, 0.3) is 11.2 Å². The van der Waals surface area contributed by atoms with E-state index in [1.54, 1.807) is 11.2 Å². The van der Waals surface area contributed by atoms with E-state index in [1.807, 2.05) is 49.6 Å². The lowest BCUT2D eigenvalue weighted by molar-refractivity contribution is 0.0257. The molecule has 3 aromatic rings. The van der Waals surface area contributed by atoms with Crippen LogP contribution in [-0.2, 0) is 6.54 Å². The number of nitrogens with zero attached hydrogens (tertiary/aromatic N) is 5. The van der Waals surface area contributed by atoms with Gasteiger partial charge in [-0.3, -0.25) is 0 Å². The van der Waals surface area contributed by atoms with E-state index in [-0.39, 0.29) is 25.0 Å². The highest BCUT2D eigenvalue weighted by Crippen LogP contribution is 2.34. The van der Waals surface area contributed by atoms with Crippen LogP contribution >= 0.6 is 11.6 Å². The predicted octanol–water partition coefficient (Wildman–Crippen LogP) is 4.58. The van der Waals surface area contributed by atoms with Crippen molar-refractivity contribution in [3.8, 4) is 0 Å². The minimum atomic E-state index is -2.73. The third-order valence-electron chi connectivity index (χ3n) is 4.70. The fourth-order valence-electron chi connectivity index (χ4n) is 3.38. The van der Waals surface area contributed by atoms with Crippen LogP contribution < -0.4 is 10.2 Å². The molecule has 154 valence electrons. The number of hydrogen-bond acceptors (Lipinski definition) is 5. The number of hydrogen-bond donors (Lipinski definition) is 1. The lowest BCUT2D eigenvalue weighted by Crippen LogP contribution is -2.29. The average Bonchev–Trinajstić information content (AvgIpc) is 3.18. The molecule has 1 fully saturated rings. The Bertz CT molecular complexity index is 1040. The summed E-state index contributed by atoms with van der Waals surface area (Å²) in [4.78, 5) is 15.2. The minimum absolute atomic E-state index is 0.194. The summed E-state index contributed by atoms with van der Waals surface area (Å²) in [5.41, 5.74) is 1.73. The van der Waals surface area contributed by atoms with Gasteiger partial charge in [-0.1, -0.05) is 29.8 Å². The van der Waals surface area contributed by atoms with Crippen molar-refractivity contribution >= 4 is 34.5 Å². The summed E-state index contributed by atoms with van der Waals surface area (Å²) in [6.45, 7) is 6.30. The maximum atomic E-state index is 13.8. The summed E-state index contributed by atoms with van der Waals surface area (Å²) >= 11 is 6.31. The van der Waals surface area contributed by atoms with Gasteiger partial charge in [0.05, 0.1) is 19.4 Å². The molecule has 3 heterocycles. The maximum absolute atomic E-state index is 13.8. The molecule has 0 unspecified atom stereocenters. The molecular formula is C20H23ClF2N6. The molecule has 0 atom stereocenters.